The van der Waals surface area contributed by atoms with Gasteiger partial charge in [-0.15, -0.1) is 5.10 Å². The van der Waals surface area contributed by atoms with Crippen molar-refractivity contribution in [3.05, 3.63) is 35.9 Å². The summed E-state index contributed by atoms with van der Waals surface area (Å²) in [5, 5.41) is 8.60. The van der Waals surface area contributed by atoms with Crippen LogP contribution in [0.3, 0.4) is 0 Å². The molecule has 1 aliphatic heterocycles. The van der Waals surface area contributed by atoms with Gasteiger partial charge in [-0.25, -0.2) is 4.68 Å². The summed E-state index contributed by atoms with van der Waals surface area (Å²) in [5.74, 6) is 0.984. The van der Waals surface area contributed by atoms with Gasteiger partial charge < -0.3 is 16.4 Å². The molecule has 0 unspecified atom stereocenters. The molecule has 1 saturated heterocycles. The Kier molecular flexibility index (Phi) is 3.76. The van der Waals surface area contributed by atoms with E-state index in [2.05, 4.69) is 32.1 Å². The lowest BCUT2D eigenvalue weighted by molar-refractivity contribution is 0.363. The second-order valence-corrected chi connectivity index (χ2v) is 6.95. The molecule has 1 fully saturated rings. The van der Waals surface area contributed by atoms with Crippen LogP contribution in [0.1, 0.15) is 25.3 Å². The Hall–Kier alpha value is -2.74. The average molecular weight is 338 g/mol. The Morgan fingerprint density at radius 1 is 1.12 bits per heavy atom. The van der Waals surface area contributed by atoms with E-state index in [4.69, 9.17) is 11.5 Å². The number of piperidine rings is 1. The molecule has 0 radical (unpaired) electrons. The lowest BCUT2D eigenvalue weighted by Crippen LogP contribution is -2.48. The predicted octanol–water partition coefficient (Wildman–Crippen LogP) is 1.17. The number of hydrogen-bond donors (Lipinski definition) is 2. The van der Waals surface area contributed by atoms with Crippen molar-refractivity contribution >= 4 is 22.9 Å². The summed E-state index contributed by atoms with van der Waals surface area (Å²) in [4.78, 5) is 11.0. The number of anilines is 2. The van der Waals surface area contributed by atoms with Crippen molar-refractivity contribution in [2.24, 2.45) is 5.73 Å². The highest BCUT2D eigenvalue weighted by Crippen LogP contribution is 2.28. The van der Waals surface area contributed by atoms with Crippen molar-refractivity contribution < 1.29 is 0 Å². The maximum absolute atomic E-state index is 6.23. The fourth-order valence-corrected chi connectivity index (χ4v) is 3.17. The molecule has 130 valence electrons. The van der Waals surface area contributed by atoms with Crippen molar-refractivity contribution in [3.63, 3.8) is 0 Å². The molecule has 0 atom stereocenters. The molecular formula is C17H22N8. The van der Waals surface area contributed by atoms with Crippen molar-refractivity contribution in [1.82, 2.24) is 25.0 Å². The quantitative estimate of drug-likeness (QED) is 0.737. The van der Waals surface area contributed by atoms with Crippen molar-refractivity contribution in [2.45, 2.75) is 31.8 Å². The fourth-order valence-electron chi connectivity index (χ4n) is 3.17. The van der Waals surface area contributed by atoms with Gasteiger partial charge in [0.2, 0.25) is 5.95 Å². The normalized spacial score (nSPS) is 17.1. The van der Waals surface area contributed by atoms with Gasteiger partial charge in [0, 0.05) is 18.6 Å². The first-order chi connectivity index (χ1) is 12.0. The van der Waals surface area contributed by atoms with Gasteiger partial charge in [0.25, 0.3) is 0 Å². The van der Waals surface area contributed by atoms with Crippen LogP contribution in [0.2, 0.25) is 0 Å². The molecule has 0 amide bonds. The summed E-state index contributed by atoms with van der Waals surface area (Å²) < 4.78 is 1.77. The molecule has 4 N–H and O–H groups in total. The molecule has 1 aliphatic rings. The first kappa shape index (κ1) is 15.8. The van der Waals surface area contributed by atoms with Gasteiger partial charge in [0.1, 0.15) is 0 Å². The zero-order valence-corrected chi connectivity index (χ0v) is 14.3. The van der Waals surface area contributed by atoms with Crippen LogP contribution in [0.4, 0.5) is 11.8 Å². The van der Waals surface area contributed by atoms with E-state index in [0.29, 0.717) is 17.7 Å². The molecule has 1 aromatic carbocycles. The molecule has 0 bridgehead atoms. The van der Waals surface area contributed by atoms with Crippen LogP contribution in [0.15, 0.2) is 30.3 Å². The largest absolute Gasteiger partial charge is 0.368 e. The Morgan fingerprint density at radius 2 is 1.84 bits per heavy atom. The Labute approximate surface area is 145 Å². The van der Waals surface area contributed by atoms with E-state index < -0.39 is 0 Å². The molecule has 2 aromatic heterocycles. The van der Waals surface area contributed by atoms with Gasteiger partial charge in [0.15, 0.2) is 17.0 Å². The predicted molar refractivity (Wildman–Crippen MR) is 97.1 cm³/mol. The van der Waals surface area contributed by atoms with E-state index in [-0.39, 0.29) is 11.5 Å². The van der Waals surface area contributed by atoms with Crippen LogP contribution in [0, 0.1) is 0 Å². The van der Waals surface area contributed by atoms with Gasteiger partial charge in [-0.2, -0.15) is 9.97 Å². The summed E-state index contributed by atoms with van der Waals surface area (Å²) in [6.07, 6.45) is 1.80. The van der Waals surface area contributed by atoms with Crippen LogP contribution < -0.4 is 16.4 Å². The second kappa shape index (κ2) is 5.96. The average Bonchev–Trinajstić information content (AvgIpc) is 2.98. The summed E-state index contributed by atoms with van der Waals surface area (Å²) >= 11 is 0. The molecular weight excluding hydrogens is 316 g/mol. The van der Waals surface area contributed by atoms with Crippen molar-refractivity contribution in [3.8, 4) is 0 Å². The summed E-state index contributed by atoms with van der Waals surface area (Å²) in [7, 11) is 0. The molecule has 8 nitrogen and oxygen atoms in total. The van der Waals surface area contributed by atoms with E-state index in [0.717, 1.165) is 37.3 Å². The fraction of sp³-hybridized carbons (Fsp3) is 0.412. The number of fused-ring (bicyclic) bond motifs is 1. The molecule has 25 heavy (non-hydrogen) atoms. The highest BCUT2D eigenvalue weighted by molar-refractivity contribution is 5.84. The Bertz CT molecular complexity index is 876. The van der Waals surface area contributed by atoms with Crippen LogP contribution >= 0.6 is 0 Å². The number of aromatic nitrogens is 5. The lowest BCUT2D eigenvalue weighted by atomic mass is 9.91. The van der Waals surface area contributed by atoms with E-state index in [1.165, 1.54) is 0 Å². The third-order valence-corrected chi connectivity index (χ3v) is 4.74. The van der Waals surface area contributed by atoms with Crippen molar-refractivity contribution in [2.75, 3.05) is 23.7 Å². The van der Waals surface area contributed by atoms with Gasteiger partial charge in [-0.1, -0.05) is 35.5 Å². The Balaban J connectivity index is 1.70. The van der Waals surface area contributed by atoms with E-state index in [1.54, 1.807) is 4.68 Å². The second-order valence-electron chi connectivity index (χ2n) is 6.95. The zero-order valence-electron chi connectivity index (χ0n) is 14.3. The minimum atomic E-state index is -0.126. The number of nitrogens with two attached hydrogens (primary N) is 2. The first-order valence-electron chi connectivity index (χ1n) is 8.46. The molecule has 0 aliphatic carbocycles. The number of rotatable bonds is 3. The highest BCUT2D eigenvalue weighted by atomic mass is 15.5. The monoisotopic (exact) mass is 338 g/mol. The Morgan fingerprint density at radius 3 is 2.56 bits per heavy atom. The molecule has 0 saturated carbocycles. The summed E-state index contributed by atoms with van der Waals surface area (Å²) in [6, 6.07) is 10.1. The molecule has 4 rings (SSSR count). The van der Waals surface area contributed by atoms with E-state index in [1.807, 2.05) is 30.3 Å². The van der Waals surface area contributed by atoms with Crippen molar-refractivity contribution in [1.29, 1.82) is 0 Å². The van der Waals surface area contributed by atoms with Crippen LogP contribution in [0.25, 0.3) is 11.2 Å². The first-order valence-corrected chi connectivity index (χ1v) is 8.46. The topological polar surface area (TPSA) is 112 Å². The van der Waals surface area contributed by atoms with Gasteiger partial charge in [-0.05, 0) is 25.3 Å². The summed E-state index contributed by atoms with van der Waals surface area (Å²) in [5.41, 5.74) is 14.5. The van der Waals surface area contributed by atoms with Crippen LogP contribution in [0.5, 0.6) is 0 Å². The smallest absolute Gasteiger partial charge is 0.224 e. The third-order valence-electron chi connectivity index (χ3n) is 4.74. The number of nitrogen functional groups attached to an aromatic ring is 1. The van der Waals surface area contributed by atoms with Crippen LogP contribution in [-0.2, 0) is 6.54 Å². The maximum atomic E-state index is 6.23. The summed E-state index contributed by atoms with van der Waals surface area (Å²) in [6.45, 7) is 4.33. The SMILES string of the molecule is CC1(N)CCN(c2nc(N)nc3c2nnn3Cc2ccccc2)CC1. The number of benzene rings is 1. The minimum Gasteiger partial charge on any atom is -0.368 e. The number of nitrogens with zero attached hydrogens (tertiary/aromatic N) is 6. The molecule has 0 spiro atoms. The van der Waals surface area contributed by atoms with E-state index >= 15 is 0 Å². The maximum Gasteiger partial charge on any atom is 0.224 e. The molecule has 3 heterocycles. The van der Waals surface area contributed by atoms with Gasteiger partial charge in [-0.3, -0.25) is 0 Å². The zero-order chi connectivity index (χ0) is 17.4. The lowest BCUT2D eigenvalue weighted by Gasteiger charge is -2.37. The third kappa shape index (κ3) is 3.12. The minimum absolute atomic E-state index is 0.126. The highest BCUT2D eigenvalue weighted by Gasteiger charge is 2.28. The van der Waals surface area contributed by atoms with E-state index in [9.17, 15) is 0 Å². The number of hydrogen-bond acceptors (Lipinski definition) is 7. The van der Waals surface area contributed by atoms with Gasteiger partial charge in [0.05, 0.1) is 6.54 Å². The molecule has 3 aromatic rings. The van der Waals surface area contributed by atoms with Crippen LogP contribution in [-0.4, -0.2) is 43.6 Å². The van der Waals surface area contributed by atoms with Gasteiger partial charge >= 0.3 is 0 Å². The standard InChI is InChI=1S/C17H22N8/c1-17(19)7-9-24(10-8-17)14-13-15(21-16(18)20-14)25(23-22-13)11-12-5-3-2-4-6-12/h2-6H,7-11,19H2,1H3,(H2,18,20,21). The molecule has 8 heteroatoms.